The first kappa shape index (κ1) is 19.3. The van der Waals surface area contributed by atoms with Crippen LogP contribution in [0.5, 0.6) is 5.75 Å². The van der Waals surface area contributed by atoms with Crippen LogP contribution in [-0.4, -0.2) is 39.5 Å². The average molecular weight is 391 g/mol. The molecule has 0 unspecified atom stereocenters. The van der Waals surface area contributed by atoms with Crippen LogP contribution in [0.15, 0.2) is 40.6 Å². The van der Waals surface area contributed by atoms with Gasteiger partial charge in [0.2, 0.25) is 10.0 Å². The van der Waals surface area contributed by atoms with Gasteiger partial charge in [0, 0.05) is 13.6 Å². The Bertz CT molecular complexity index is 834. The Kier molecular flexibility index (Phi) is 6.09. The number of benzene rings is 1. The Morgan fingerprint density at radius 3 is 2.44 bits per heavy atom. The van der Waals surface area contributed by atoms with Gasteiger partial charge in [-0.05, 0) is 29.1 Å². The van der Waals surface area contributed by atoms with E-state index in [4.69, 9.17) is 0 Å². The topological polar surface area (TPSA) is 72.9 Å². The summed E-state index contributed by atoms with van der Waals surface area (Å²) in [5.74, 6) is -0.745. The van der Waals surface area contributed by atoms with Crippen LogP contribution in [0.2, 0.25) is 0 Å². The number of carbonyl (C=O) groups excluding carboxylic acids is 1. The van der Waals surface area contributed by atoms with Gasteiger partial charge in [-0.3, -0.25) is 0 Å². The molecule has 0 saturated carbocycles. The quantitative estimate of drug-likeness (QED) is 0.679. The van der Waals surface area contributed by atoms with E-state index in [0.717, 1.165) is 15.6 Å². The van der Waals surface area contributed by atoms with Gasteiger partial charge < -0.3 is 9.47 Å². The summed E-state index contributed by atoms with van der Waals surface area (Å²) in [7, 11) is -1.39. The van der Waals surface area contributed by atoms with Gasteiger partial charge in [0.15, 0.2) is 0 Å². The molecule has 0 fully saturated rings. The van der Waals surface area contributed by atoms with Gasteiger partial charge in [0.1, 0.15) is 15.5 Å². The third kappa shape index (κ3) is 4.53. The van der Waals surface area contributed by atoms with E-state index in [1.807, 2.05) is 0 Å². The first-order valence-electron chi connectivity index (χ1n) is 6.91. The maximum Gasteiger partial charge on any atom is 0.387 e. The molecule has 6 nitrogen and oxygen atoms in total. The van der Waals surface area contributed by atoms with Crippen LogP contribution in [0, 0.1) is 0 Å². The number of hydrogen-bond donors (Lipinski definition) is 0. The van der Waals surface area contributed by atoms with Crippen molar-refractivity contribution in [3.8, 4) is 5.75 Å². The molecular weight excluding hydrogens is 376 g/mol. The van der Waals surface area contributed by atoms with E-state index in [9.17, 15) is 22.0 Å². The van der Waals surface area contributed by atoms with Crippen LogP contribution in [0.25, 0.3) is 0 Å². The Morgan fingerprint density at radius 1 is 1.24 bits per heavy atom. The van der Waals surface area contributed by atoms with Crippen molar-refractivity contribution >= 4 is 27.3 Å². The minimum absolute atomic E-state index is 0.00460. The van der Waals surface area contributed by atoms with E-state index in [1.165, 1.54) is 49.9 Å². The zero-order valence-electron chi connectivity index (χ0n) is 13.3. The lowest BCUT2D eigenvalue weighted by molar-refractivity contribution is -0.0498. The lowest BCUT2D eigenvalue weighted by Gasteiger charge is -2.17. The number of alkyl halides is 2. The van der Waals surface area contributed by atoms with Crippen molar-refractivity contribution in [2.24, 2.45) is 0 Å². The molecule has 0 aliphatic rings. The largest absolute Gasteiger partial charge is 0.465 e. The fraction of sp³-hybridized carbons (Fsp3) is 0.267. The molecule has 136 valence electrons. The molecule has 0 radical (unpaired) electrons. The van der Waals surface area contributed by atoms with Gasteiger partial charge in [-0.2, -0.15) is 13.1 Å². The highest BCUT2D eigenvalue weighted by molar-refractivity contribution is 7.89. The summed E-state index contributed by atoms with van der Waals surface area (Å²) in [6, 6.07) is 6.96. The molecule has 0 aliphatic carbocycles. The maximum absolute atomic E-state index is 12.7. The number of halogens is 2. The third-order valence-corrected chi connectivity index (χ3v) is 6.11. The summed E-state index contributed by atoms with van der Waals surface area (Å²) in [5.41, 5.74) is 0.572. The molecule has 0 atom stereocenters. The number of methoxy groups -OCH3 is 1. The van der Waals surface area contributed by atoms with Gasteiger partial charge in [-0.15, -0.1) is 11.3 Å². The summed E-state index contributed by atoms with van der Waals surface area (Å²) in [5, 5.41) is 1.49. The van der Waals surface area contributed by atoms with E-state index < -0.39 is 22.6 Å². The summed E-state index contributed by atoms with van der Waals surface area (Å²) in [6.07, 6.45) is 0. The fourth-order valence-electron chi connectivity index (χ4n) is 2.03. The van der Waals surface area contributed by atoms with E-state index in [-0.39, 0.29) is 22.1 Å². The molecule has 0 spiro atoms. The Balaban J connectivity index is 2.18. The Morgan fingerprint density at radius 2 is 1.88 bits per heavy atom. The zero-order valence-corrected chi connectivity index (χ0v) is 14.9. The van der Waals surface area contributed by atoms with Crippen molar-refractivity contribution in [1.29, 1.82) is 0 Å². The molecule has 0 N–H and O–H groups in total. The molecule has 10 heteroatoms. The van der Waals surface area contributed by atoms with Gasteiger partial charge in [-0.25, -0.2) is 13.2 Å². The molecule has 0 saturated heterocycles. The number of nitrogens with zero attached hydrogens (tertiary/aromatic N) is 1. The second-order valence-corrected chi connectivity index (χ2v) is 7.82. The highest BCUT2D eigenvalue weighted by atomic mass is 32.2. The molecule has 2 aromatic rings. The van der Waals surface area contributed by atoms with Gasteiger partial charge in [0.05, 0.1) is 7.11 Å². The van der Waals surface area contributed by atoms with E-state index >= 15 is 0 Å². The monoisotopic (exact) mass is 391 g/mol. The number of hydrogen-bond acceptors (Lipinski definition) is 6. The molecule has 1 aromatic carbocycles. The predicted octanol–water partition coefficient (Wildman–Crippen LogP) is 2.96. The third-order valence-electron chi connectivity index (χ3n) is 3.24. The second-order valence-electron chi connectivity index (χ2n) is 4.89. The molecule has 0 aliphatic heterocycles. The lowest BCUT2D eigenvalue weighted by Crippen LogP contribution is -2.27. The van der Waals surface area contributed by atoms with Crippen LogP contribution in [-0.2, 0) is 21.3 Å². The minimum atomic E-state index is -3.92. The Hall–Kier alpha value is -2.04. The van der Waals surface area contributed by atoms with Crippen LogP contribution in [0.4, 0.5) is 8.78 Å². The number of sulfonamides is 1. The van der Waals surface area contributed by atoms with Crippen LogP contribution in [0.1, 0.15) is 15.2 Å². The van der Waals surface area contributed by atoms with Gasteiger partial charge in [-0.1, -0.05) is 12.1 Å². The number of esters is 1. The molecule has 25 heavy (non-hydrogen) atoms. The highest BCUT2D eigenvalue weighted by Gasteiger charge is 2.28. The van der Waals surface area contributed by atoms with Gasteiger partial charge >= 0.3 is 12.6 Å². The number of carbonyl (C=O) groups is 1. The first-order chi connectivity index (χ1) is 11.8. The molecule has 0 amide bonds. The summed E-state index contributed by atoms with van der Waals surface area (Å²) < 4.78 is 59.5. The van der Waals surface area contributed by atoms with Crippen molar-refractivity contribution in [2.45, 2.75) is 18.1 Å². The molecule has 1 aromatic heterocycles. The highest BCUT2D eigenvalue weighted by Crippen LogP contribution is 2.26. The van der Waals surface area contributed by atoms with Crippen molar-refractivity contribution in [3.63, 3.8) is 0 Å². The molecule has 1 heterocycles. The molecular formula is C15H15F2NO5S2. The second kappa shape index (κ2) is 7.89. The maximum atomic E-state index is 12.7. The van der Waals surface area contributed by atoms with Crippen molar-refractivity contribution < 1.29 is 31.5 Å². The van der Waals surface area contributed by atoms with Crippen molar-refractivity contribution in [2.75, 3.05) is 14.2 Å². The normalized spacial score (nSPS) is 11.8. The summed E-state index contributed by atoms with van der Waals surface area (Å²) >= 11 is 0.972. The predicted molar refractivity (Wildman–Crippen MR) is 87.4 cm³/mol. The van der Waals surface area contributed by atoms with Crippen LogP contribution < -0.4 is 4.74 Å². The van der Waals surface area contributed by atoms with E-state index in [2.05, 4.69) is 9.47 Å². The SMILES string of the molecule is COC(=O)c1sccc1S(=O)(=O)N(C)Cc1ccc(OC(F)F)cc1. The summed E-state index contributed by atoms with van der Waals surface area (Å²) in [4.78, 5) is 11.5. The number of thiophene rings is 1. The molecule has 0 bridgehead atoms. The molecule has 2 rings (SSSR count). The van der Waals surface area contributed by atoms with Crippen molar-refractivity contribution in [1.82, 2.24) is 4.31 Å². The average Bonchev–Trinajstić information content (AvgIpc) is 3.05. The Labute approximate surface area is 147 Å². The first-order valence-corrected chi connectivity index (χ1v) is 9.23. The van der Waals surface area contributed by atoms with Crippen LogP contribution in [0.3, 0.4) is 0 Å². The number of ether oxygens (including phenoxy) is 2. The summed E-state index contributed by atoms with van der Waals surface area (Å²) in [6.45, 7) is -2.93. The standard InChI is InChI=1S/C15H15F2NO5S2/c1-18(9-10-3-5-11(6-4-10)23-15(16)17)25(20,21)12-7-8-24-13(12)14(19)22-2/h3-8,15H,9H2,1-2H3. The van der Waals surface area contributed by atoms with Crippen molar-refractivity contribution in [3.05, 3.63) is 46.2 Å². The fourth-order valence-corrected chi connectivity index (χ4v) is 4.49. The minimum Gasteiger partial charge on any atom is -0.465 e. The van der Waals surface area contributed by atoms with E-state index in [1.54, 1.807) is 0 Å². The zero-order chi connectivity index (χ0) is 18.6. The van der Waals surface area contributed by atoms with Gasteiger partial charge in [0.25, 0.3) is 0 Å². The van der Waals surface area contributed by atoms with Crippen LogP contribution >= 0.6 is 11.3 Å². The lowest BCUT2D eigenvalue weighted by atomic mass is 10.2. The van der Waals surface area contributed by atoms with E-state index in [0.29, 0.717) is 5.56 Å². The number of rotatable bonds is 7. The smallest absolute Gasteiger partial charge is 0.387 e.